The van der Waals surface area contributed by atoms with Crippen LogP contribution in [0.4, 0.5) is 5.69 Å². The summed E-state index contributed by atoms with van der Waals surface area (Å²) in [4.78, 5) is 39.6. The molecule has 9 nitrogen and oxygen atoms in total. The summed E-state index contributed by atoms with van der Waals surface area (Å²) in [7, 11) is 2.35. The molecular weight excluding hydrogens is 450 g/mol. The molecule has 0 saturated heterocycles. The van der Waals surface area contributed by atoms with Gasteiger partial charge in [0, 0.05) is 5.69 Å². The van der Waals surface area contributed by atoms with Gasteiger partial charge in [0.25, 0.3) is 0 Å². The fourth-order valence-electron chi connectivity index (χ4n) is 3.81. The maximum Gasteiger partial charge on any atom is 0.355 e. The van der Waals surface area contributed by atoms with Gasteiger partial charge >= 0.3 is 17.9 Å². The maximum atomic E-state index is 13.0. The van der Waals surface area contributed by atoms with Crippen molar-refractivity contribution in [3.05, 3.63) is 88.4 Å². The van der Waals surface area contributed by atoms with E-state index in [4.69, 9.17) is 19.9 Å². The number of methoxy groups -OCH3 is 2. The van der Waals surface area contributed by atoms with Crippen LogP contribution < -0.4 is 10.6 Å². The number of benzene rings is 2. The molecule has 9 heteroatoms. The van der Waals surface area contributed by atoms with Crippen LogP contribution in [0.25, 0.3) is 0 Å². The molecule has 2 aromatic rings. The molecule has 1 atom stereocenters. The van der Waals surface area contributed by atoms with E-state index in [2.05, 4.69) is 6.07 Å². The fraction of sp³-hybridized carbons (Fsp3) is 0.231. The van der Waals surface area contributed by atoms with Gasteiger partial charge in [-0.1, -0.05) is 30.3 Å². The van der Waals surface area contributed by atoms with Crippen molar-refractivity contribution >= 4 is 23.6 Å². The van der Waals surface area contributed by atoms with Crippen molar-refractivity contribution < 1.29 is 28.6 Å². The van der Waals surface area contributed by atoms with Crippen LogP contribution in [0.1, 0.15) is 35.7 Å². The van der Waals surface area contributed by atoms with Gasteiger partial charge in [0.1, 0.15) is 11.5 Å². The lowest BCUT2D eigenvalue weighted by molar-refractivity contribution is -0.139. The number of ether oxygens (including phenoxy) is 3. The third-order valence-corrected chi connectivity index (χ3v) is 5.31. The van der Waals surface area contributed by atoms with E-state index in [1.807, 2.05) is 0 Å². The molecule has 0 spiro atoms. The Labute approximate surface area is 203 Å². The highest BCUT2D eigenvalue weighted by atomic mass is 16.5. The highest BCUT2D eigenvalue weighted by molar-refractivity contribution is 6.06. The zero-order valence-corrected chi connectivity index (χ0v) is 19.8. The van der Waals surface area contributed by atoms with E-state index in [1.165, 1.54) is 43.4 Å². The average Bonchev–Trinajstić information content (AvgIpc) is 2.87. The van der Waals surface area contributed by atoms with Crippen molar-refractivity contribution in [2.45, 2.75) is 25.9 Å². The van der Waals surface area contributed by atoms with Gasteiger partial charge < -0.3 is 19.9 Å². The zero-order chi connectivity index (χ0) is 25.7. The normalized spacial score (nSPS) is 15.5. The SMILES string of the molecule is COC(=O)C1=C(C(=O)OC)N(c2ccc(C(=O)OC(C)C)cc2)C(N)=C(C#N)C1c1ccccc1. The lowest BCUT2D eigenvalue weighted by Crippen LogP contribution is -2.40. The molecule has 3 rings (SSSR count). The Bertz CT molecular complexity index is 1240. The van der Waals surface area contributed by atoms with Crippen molar-refractivity contribution in [1.82, 2.24) is 0 Å². The van der Waals surface area contributed by atoms with Gasteiger partial charge in [0.2, 0.25) is 0 Å². The second-order valence-electron chi connectivity index (χ2n) is 7.84. The quantitative estimate of drug-likeness (QED) is 0.494. The second kappa shape index (κ2) is 10.6. The fourth-order valence-corrected chi connectivity index (χ4v) is 3.81. The Morgan fingerprint density at radius 1 is 0.943 bits per heavy atom. The molecule has 0 radical (unpaired) electrons. The summed E-state index contributed by atoms with van der Waals surface area (Å²) in [6.45, 7) is 3.47. The Balaban J connectivity index is 2.26. The Kier molecular flexibility index (Phi) is 7.56. The molecular formula is C26H25N3O6. The molecule has 0 aliphatic carbocycles. The number of hydrogen-bond donors (Lipinski definition) is 1. The molecule has 0 bridgehead atoms. The smallest absolute Gasteiger partial charge is 0.355 e. The molecule has 2 N–H and O–H groups in total. The van der Waals surface area contributed by atoms with Crippen LogP contribution in [-0.2, 0) is 23.8 Å². The summed E-state index contributed by atoms with van der Waals surface area (Å²) < 4.78 is 15.2. The average molecular weight is 476 g/mol. The van der Waals surface area contributed by atoms with E-state index in [9.17, 15) is 19.6 Å². The van der Waals surface area contributed by atoms with Gasteiger partial charge in [-0.15, -0.1) is 0 Å². The number of hydrogen-bond acceptors (Lipinski definition) is 9. The Hall–Kier alpha value is -4.58. The van der Waals surface area contributed by atoms with Gasteiger partial charge in [-0.25, -0.2) is 14.4 Å². The van der Waals surface area contributed by atoms with Crippen LogP contribution >= 0.6 is 0 Å². The molecule has 180 valence electrons. The van der Waals surface area contributed by atoms with E-state index in [1.54, 1.807) is 44.2 Å². The number of esters is 3. The summed E-state index contributed by atoms with van der Waals surface area (Å²) in [6.07, 6.45) is -0.299. The predicted octanol–water partition coefficient (Wildman–Crippen LogP) is 3.15. The number of nitrogens with zero attached hydrogens (tertiary/aromatic N) is 2. The highest BCUT2D eigenvalue weighted by Crippen LogP contribution is 2.43. The standard InChI is InChI=1S/C26H25N3O6/c1-15(2)35-24(30)17-10-12-18(13-11-17)29-22(26(32)34-4)21(25(31)33-3)20(19(14-27)23(29)28)16-8-6-5-7-9-16/h5-13,15,20H,28H2,1-4H3. The maximum absolute atomic E-state index is 13.0. The van der Waals surface area contributed by atoms with Crippen LogP contribution in [0.5, 0.6) is 0 Å². The van der Waals surface area contributed by atoms with Gasteiger partial charge in [-0.05, 0) is 43.7 Å². The molecule has 0 fully saturated rings. The summed E-state index contributed by atoms with van der Waals surface area (Å²) in [6, 6.07) is 16.8. The monoisotopic (exact) mass is 475 g/mol. The van der Waals surface area contributed by atoms with Gasteiger partial charge in [0.15, 0.2) is 0 Å². The van der Waals surface area contributed by atoms with Crippen molar-refractivity contribution in [2.75, 3.05) is 19.1 Å². The van der Waals surface area contributed by atoms with Gasteiger partial charge in [-0.3, -0.25) is 4.90 Å². The van der Waals surface area contributed by atoms with Crippen molar-refractivity contribution in [3.8, 4) is 6.07 Å². The first-order valence-electron chi connectivity index (χ1n) is 10.7. The van der Waals surface area contributed by atoms with Crippen LogP contribution in [-0.4, -0.2) is 38.2 Å². The summed E-state index contributed by atoms with van der Waals surface area (Å²) in [5.74, 6) is -3.21. The van der Waals surface area contributed by atoms with E-state index in [-0.39, 0.29) is 34.3 Å². The third-order valence-electron chi connectivity index (χ3n) is 5.31. The first-order valence-corrected chi connectivity index (χ1v) is 10.7. The lowest BCUT2D eigenvalue weighted by atomic mass is 9.81. The van der Waals surface area contributed by atoms with Crippen LogP contribution in [0.15, 0.2) is 77.3 Å². The van der Waals surface area contributed by atoms with Crippen LogP contribution in [0, 0.1) is 11.3 Å². The summed E-state index contributed by atoms with van der Waals surface area (Å²) in [5.41, 5.74) is 7.37. The molecule has 1 heterocycles. The molecule has 0 saturated carbocycles. The number of allylic oxidation sites excluding steroid dienone is 1. The highest BCUT2D eigenvalue weighted by Gasteiger charge is 2.42. The molecule has 0 aromatic heterocycles. The van der Waals surface area contributed by atoms with Gasteiger partial charge in [-0.2, -0.15) is 5.26 Å². The zero-order valence-electron chi connectivity index (χ0n) is 19.8. The van der Waals surface area contributed by atoms with Crippen molar-refractivity contribution in [3.63, 3.8) is 0 Å². The number of rotatable bonds is 6. The number of anilines is 1. The van der Waals surface area contributed by atoms with Gasteiger partial charge in [0.05, 0.1) is 49.0 Å². The Morgan fingerprint density at radius 2 is 1.54 bits per heavy atom. The molecule has 0 amide bonds. The van der Waals surface area contributed by atoms with Crippen LogP contribution in [0.3, 0.4) is 0 Å². The molecule has 35 heavy (non-hydrogen) atoms. The van der Waals surface area contributed by atoms with E-state index in [0.717, 1.165) is 0 Å². The third kappa shape index (κ3) is 4.87. The number of carbonyl (C=O) groups is 3. The first kappa shape index (κ1) is 25.1. The topological polar surface area (TPSA) is 132 Å². The second-order valence-corrected chi connectivity index (χ2v) is 7.84. The minimum atomic E-state index is -0.959. The molecule has 2 aromatic carbocycles. The van der Waals surface area contributed by atoms with E-state index in [0.29, 0.717) is 11.3 Å². The Morgan fingerprint density at radius 3 is 2.06 bits per heavy atom. The number of carbonyl (C=O) groups excluding carboxylic acids is 3. The summed E-state index contributed by atoms with van der Waals surface area (Å²) >= 11 is 0. The minimum Gasteiger partial charge on any atom is -0.466 e. The van der Waals surface area contributed by atoms with E-state index >= 15 is 0 Å². The molecule has 1 unspecified atom stereocenters. The van der Waals surface area contributed by atoms with E-state index < -0.39 is 23.8 Å². The van der Waals surface area contributed by atoms with Crippen molar-refractivity contribution in [1.29, 1.82) is 5.26 Å². The largest absolute Gasteiger partial charge is 0.466 e. The van der Waals surface area contributed by atoms with Crippen molar-refractivity contribution in [2.24, 2.45) is 5.73 Å². The predicted molar refractivity (Wildman–Crippen MR) is 127 cm³/mol. The molecule has 1 aliphatic heterocycles. The lowest BCUT2D eigenvalue weighted by Gasteiger charge is -2.35. The van der Waals surface area contributed by atoms with Crippen LogP contribution in [0.2, 0.25) is 0 Å². The number of nitriles is 1. The first-order chi connectivity index (χ1) is 16.7. The number of nitrogens with two attached hydrogens (primary N) is 1. The minimum absolute atomic E-state index is 0.0487. The summed E-state index contributed by atoms with van der Waals surface area (Å²) in [5, 5.41) is 10.0. The molecule has 1 aliphatic rings.